The number of nitrogens with one attached hydrogen (secondary N) is 1. The maximum Gasteiger partial charge on any atom is 0.389 e. The van der Waals surface area contributed by atoms with E-state index in [0.717, 1.165) is 9.56 Å². The molecule has 146 valence electrons. The Bertz CT molecular complexity index is 1000. The number of carbonyl (C=O) groups excluding carboxylic acids is 1. The van der Waals surface area contributed by atoms with E-state index in [2.05, 4.69) is 20.1 Å². The normalized spacial score (nSPS) is 10.9. The lowest BCUT2D eigenvalue weighted by Crippen LogP contribution is -2.19. The zero-order valence-electron chi connectivity index (χ0n) is 14.3. The summed E-state index contributed by atoms with van der Waals surface area (Å²) in [4.78, 5) is 27.2. The van der Waals surface area contributed by atoms with Gasteiger partial charge in [0.25, 0.3) is 0 Å². The number of anilines is 1. The summed E-state index contributed by atoms with van der Waals surface area (Å²) in [5.41, 5.74) is 1.28. The smallest absolute Gasteiger partial charge is 0.389 e. The Balaban J connectivity index is 1.67. The Labute approximate surface area is 160 Å². The van der Waals surface area contributed by atoms with Gasteiger partial charge in [-0.3, -0.25) is 4.79 Å². The van der Waals surface area contributed by atoms with Gasteiger partial charge in [0, 0.05) is 10.4 Å². The van der Waals surface area contributed by atoms with Crippen LogP contribution in [0.4, 0.5) is 19.7 Å². The monoisotopic (exact) mass is 409 g/mol. The van der Waals surface area contributed by atoms with Crippen LogP contribution < -0.4 is 10.1 Å². The number of thiazole rings is 1. The standard InChI is InChI=1S/C16H13F2N5O4S/c1-9-14(10-2-4-11(5-3-10)27-15(17)18)20-16(28-9)19-13(24)8-22-7-6-12(21-22)23(25)26/h2-7,15H,8H2,1H3,(H,19,20,24). The average Bonchev–Trinajstić information content (AvgIpc) is 3.22. The van der Waals surface area contributed by atoms with Crippen LogP contribution in [-0.4, -0.2) is 32.2 Å². The number of benzene rings is 1. The number of hydrogen-bond acceptors (Lipinski definition) is 7. The summed E-state index contributed by atoms with van der Waals surface area (Å²) < 4.78 is 29.9. The molecule has 1 aromatic carbocycles. The summed E-state index contributed by atoms with van der Waals surface area (Å²) in [6.07, 6.45) is 1.33. The van der Waals surface area contributed by atoms with Crippen LogP contribution in [-0.2, 0) is 11.3 Å². The van der Waals surface area contributed by atoms with Crippen molar-refractivity contribution in [2.24, 2.45) is 0 Å². The number of ether oxygens (including phenoxy) is 1. The molecule has 0 unspecified atom stereocenters. The fourth-order valence-corrected chi connectivity index (χ4v) is 3.21. The summed E-state index contributed by atoms with van der Waals surface area (Å²) >= 11 is 1.24. The summed E-state index contributed by atoms with van der Waals surface area (Å²) in [7, 11) is 0. The Hall–Kier alpha value is -3.41. The zero-order valence-corrected chi connectivity index (χ0v) is 15.2. The van der Waals surface area contributed by atoms with Crippen LogP contribution >= 0.6 is 11.3 Å². The molecule has 2 aromatic heterocycles. The van der Waals surface area contributed by atoms with Gasteiger partial charge in [-0.25, -0.2) is 4.98 Å². The van der Waals surface area contributed by atoms with Crippen LogP contribution in [0, 0.1) is 17.0 Å². The van der Waals surface area contributed by atoms with Gasteiger partial charge >= 0.3 is 12.4 Å². The summed E-state index contributed by atoms with van der Waals surface area (Å²) in [5, 5.41) is 17.2. The SMILES string of the molecule is Cc1sc(NC(=O)Cn2ccc([N+](=O)[O-])n2)nc1-c1ccc(OC(F)F)cc1. The predicted molar refractivity (Wildman–Crippen MR) is 96.4 cm³/mol. The Morgan fingerprint density at radius 3 is 2.68 bits per heavy atom. The number of carbonyl (C=O) groups is 1. The third-order valence-corrected chi connectivity index (χ3v) is 4.40. The molecule has 0 spiro atoms. The van der Waals surface area contributed by atoms with Crippen molar-refractivity contribution in [1.29, 1.82) is 0 Å². The van der Waals surface area contributed by atoms with E-state index in [1.807, 2.05) is 6.92 Å². The topological polar surface area (TPSA) is 112 Å². The summed E-state index contributed by atoms with van der Waals surface area (Å²) in [6.45, 7) is -1.30. The van der Waals surface area contributed by atoms with Gasteiger partial charge in [0.2, 0.25) is 5.91 Å². The molecule has 9 nitrogen and oxygen atoms in total. The highest BCUT2D eigenvalue weighted by atomic mass is 32.1. The molecule has 0 fully saturated rings. The number of hydrogen-bond donors (Lipinski definition) is 1. The molecular formula is C16H13F2N5O4S. The predicted octanol–water partition coefficient (Wildman–Crippen LogP) is 3.46. The molecule has 3 aromatic rings. The lowest BCUT2D eigenvalue weighted by molar-refractivity contribution is -0.389. The summed E-state index contributed by atoms with van der Waals surface area (Å²) in [5.74, 6) is -0.757. The number of rotatable bonds is 7. The molecule has 12 heteroatoms. The molecule has 2 heterocycles. The minimum atomic E-state index is -2.90. The second-order valence-electron chi connectivity index (χ2n) is 5.50. The number of alkyl halides is 2. The van der Waals surface area contributed by atoms with E-state index < -0.39 is 17.4 Å². The first-order valence-electron chi connectivity index (χ1n) is 7.82. The van der Waals surface area contributed by atoms with Crippen molar-refractivity contribution in [3.8, 4) is 17.0 Å². The van der Waals surface area contributed by atoms with E-state index in [0.29, 0.717) is 16.4 Å². The van der Waals surface area contributed by atoms with E-state index in [1.165, 1.54) is 35.7 Å². The highest BCUT2D eigenvalue weighted by Crippen LogP contribution is 2.31. The van der Waals surface area contributed by atoms with E-state index in [4.69, 9.17) is 0 Å². The molecule has 0 aliphatic heterocycles. The third-order valence-electron chi connectivity index (χ3n) is 3.52. The molecule has 0 aliphatic carbocycles. The molecule has 0 aliphatic rings. The molecule has 0 atom stereocenters. The first-order valence-corrected chi connectivity index (χ1v) is 8.64. The number of aryl methyl sites for hydroxylation is 1. The zero-order chi connectivity index (χ0) is 20.3. The molecule has 0 bridgehead atoms. The fraction of sp³-hybridized carbons (Fsp3) is 0.188. The minimum Gasteiger partial charge on any atom is -0.435 e. The molecule has 28 heavy (non-hydrogen) atoms. The van der Waals surface area contributed by atoms with E-state index in [-0.39, 0.29) is 18.1 Å². The second kappa shape index (κ2) is 8.08. The number of nitrogens with zero attached hydrogens (tertiary/aromatic N) is 4. The molecule has 1 amide bonds. The molecular weight excluding hydrogens is 396 g/mol. The van der Waals surface area contributed by atoms with Crippen molar-refractivity contribution in [3.05, 3.63) is 51.5 Å². The number of amides is 1. The van der Waals surface area contributed by atoms with Crippen LogP contribution in [0.25, 0.3) is 11.3 Å². The van der Waals surface area contributed by atoms with Crippen molar-refractivity contribution >= 4 is 28.2 Å². The first kappa shape index (κ1) is 19.4. The second-order valence-corrected chi connectivity index (χ2v) is 6.71. The number of nitro groups is 1. The Morgan fingerprint density at radius 1 is 1.36 bits per heavy atom. The average molecular weight is 409 g/mol. The largest absolute Gasteiger partial charge is 0.435 e. The van der Waals surface area contributed by atoms with Crippen LogP contribution in [0.1, 0.15) is 4.88 Å². The van der Waals surface area contributed by atoms with Gasteiger partial charge in [-0.05, 0) is 36.1 Å². The van der Waals surface area contributed by atoms with Crippen molar-refractivity contribution in [2.45, 2.75) is 20.1 Å². The van der Waals surface area contributed by atoms with Gasteiger partial charge < -0.3 is 20.2 Å². The highest BCUT2D eigenvalue weighted by molar-refractivity contribution is 7.16. The molecule has 0 radical (unpaired) electrons. The Kier molecular flexibility index (Phi) is 5.59. The van der Waals surface area contributed by atoms with Crippen LogP contribution in [0.15, 0.2) is 36.5 Å². The van der Waals surface area contributed by atoms with E-state index in [1.54, 1.807) is 12.1 Å². The fourth-order valence-electron chi connectivity index (χ4n) is 2.35. The van der Waals surface area contributed by atoms with Crippen LogP contribution in [0.5, 0.6) is 5.75 Å². The van der Waals surface area contributed by atoms with Gasteiger partial charge in [0.15, 0.2) is 5.13 Å². The maximum atomic E-state index is 12.2. The number of aromatic nitrogens is 3. The van der Waals surface area contributed by atoms with Gasteiger partial charge in [-0.15, -0.1) is 11.3 Å². The van der Waals surface area contributed by atoms with Crippen LogP contribution in [0.3, 0.4) is 0 Å². The molecule has 3 rings (SSSR count). The minimum absolute atomic E-state index is 0.0356. The van der Waals surface area contributed by atoms with Gasteiger partial charge in [-0.2, -0.15) is 13.5 Å². The van der Waals surface area contributed by atoms with Crippen molar-refractivity contribution in [3.63, 3.8) is 0 Å². The van der Waals surface area contributed by atoms with Crippen molar-refractivity contribution < 1.29 is 23.2 Å². The lowest BCUT2D eigenvalue weighted by atomic mass is 10.1. The Morgan fingerprint density at radius 2 is 2.07 bits per heavy atom. The molecule has 0 saturated carbocycles. The van der Waals surface area contributed by atoms with Crippen molar-refractivity contribution in [1.82, 2.24) is 14.8 Å². The highest BCUT2D eigenvalue weighted by Gasteiger charge is 2.16. The number of halogens is 2. The summed E-state index contributed by atoms with van der Waals surface area (Å²) in [6, 6.07) is 7.19. The van der Waals surface area contributed by atoms with Gasteiger partial charge in [-0.1, -0.05) is 0 Å². The van der Waals surface area contributed by atoms with E-state index >= 15 is 0 Å². The quantitative estimate of drug-likeness (QED) is 0.472. The van der Waals surface area contributed by atoms with Gasteiger partial charge in [0.1, 0.15) is 12.3 Å². The van der Waals surface area contributed by atoms with Crippen molar-refractivity contribution in [2.75, 3.05) is 5.32 Å². The lowest BCUT2D eigenvalue weighted by Gasteiger charge is -2.05. The first-order chi connectivity index (χ1) is 13.3. The van der Waals surface area contributed by atoms with E-state index in [9.17, 15) is 23.7 Å². The molecule has 1 N–H and O–H groups in total. The third kappa shape index (κ3) is 4.65. The van der Waals surface area contributed by atoms with Gasteiger partial charge in [0.05, 0.1) is 23.1 Å². The molecule has 0 saturated heterocycles. The van der Waals surface area contributed by atoms with Crippen LogP contribution in [0.2, 0.25) is 0 Å². The maximum absolute atomic E-state index is 12.2.